The standard InChI is InChI=1S/C21H24BrNO3/c1-3-16(21(25)26-4-2)14-23(15-18-12-8-9-13-19(18)22)20(24)17-10-6-5-7-11-17/h5-13,16H,3-4,14-15H2,1-2H3. The predicted molar refractivity (Wildman–Crippen MR) is 106 cm³/mol. The van der Waals surface area contributed by atoms with Gasteiger partial charge in [-0.2, -0.15) is 0 Å². The molecule has 0 N–H and O–H groups in total. The largest absolute Gasteiger partial charge is 0.466 e. The minimum atomic E-state index is -0.343. The highest BCUT2D eigenvalue weighted by atomic mass is 79.9. The van der Waals surface area contributed by atoms with Crippen LogP contribution in [0.15, 0.2) is 59.1 Å². The van der Waals surface area contributed by atoms with Crippen molar-refractivity contribution in [1.82, 2.24) is 4.90 Å². The lowest BCUT2D eigenvalue weighted by Crippen LogP contribution is -2.38. The van der Waals surface area contributed by atoms with Crippen molar-refractivity contribution in [2.24, 2.45) is 5.92 Å². The first-order valence-electron chi connectivity index (χ1n) is 8.81. The van der Waals surface area contributed by atoms with Gasteiger partial charge in [0.1, 0.15) is 0 Å². The summed E-state index contributed by atoms with van der Waals surface area (Å²) in [6.45, 7) is 4.81. The Labute approximate surface area is 163 Å². The van der Waals surface area contributed by atoms with Crippen LogP contribution < -0.4 is 0 Å². The summed E-state index contributed by atoms with van der Waals surface area (Å²) in [7, 11) is 0. The number of hydrogen-bond donors (Lipinski definition) is 0. The number of rotatable bonds is 8. The van der Waals surface area contributed by atoms with Gasteiger partial charge in [0, 0.05) is 23.1 Å². The summed E-state index contributed by atoms with van der Waals surface area (Å²) in [6, 6.07) is 16.9. The lowest BCUT2D eigenvalue weighted by atomic mass is 10.0. The minimum Gasteiger partial charge on any atom is -0.466 e. The van der Waals surface area contributed by atoms with Crippen LogP contribution in [0.2, 0.25) is 0 Å². The number of carbonyl (C=O) groups excluding carboxylic acids is 2. The number of ether oxygens (including phenoxy) is 1. The van der Waals surface area contributed by atoms with Crippen molar-refractivity contribution in [3.63, 3.8) is 0 Å². The zero-order valence-electron chi connectivity index (χ0n) is 15.2. The summed E-state index contributed by atoms with van der Waals surface area (Å²) >= 11 is 3.54. The zero-order valence-corrected chi connectivity index (χ0v) is 16.7. The molecule has 2 rings (SSSR count). The van der Waals surface area contributed by atoms with Crippen molar-refractivity contribution in [1.29, 1.82) is 0 Å². The van der Waals surface area contributed by atoms with Gasteiger partial charge in [0.2, 0.25) is 0 Å². The Kier molecular flexibility index (Phi) is 7.85. The first kappa shape index (κ1) is 20.2. The molecular weight excluding hydrogens is 394 g/mol. The van der Waals surface area contributed by atoms with E-state index < -0.39 is 0 Å². The van der Waals surface area contributed by atoms with E-state index in [0.29, 0.717) is 31.7 Å². The van der Waals surface area contributed by atoms with Gasteiger partial charge in [-0.3, -0.25) is 9.59 Å². The van der Waals surface area contributed by atoms with E-state index in [9.17, 15) is 9.59 Å². The fourth-order valence-electron chi connectivity index (χ4n) is 2.71. The Morgan fingerprint density at radius 1 is 1.04 bits per heavy atom. The summed E-state index contributed by atoms with van der Waals surface area (Å²) in [6.07, 6.45) is 0.618. The number of benzene rings is 2. The molecule has 0 aliphatic heterocycles. The normalized spacial score (nSPS) is 11.7. The Bertz CT molecular complexity index is 733. The zero-order chi connectivity index (χ0) is 18.9. The van der Waals surface area contributed by atoms with E-state index in [4.69, 9.17) is 4.74 Å². The molecule has 0 aliphatic carbocycles. The summed E-state index contributed by atoms with van der Waals surface area (Å²) in [5, 5.41) is 0. The molecule has 4 nitrogen and oxygen atoms in total. The molecule has 0 aromatic heterocycles. The first-order valence-corrected chi connectivity index (χ1v) is 9.60. The lowest BCUT2D eigenvalue weighted by molar-refractivity contribution is -0.148. The molecule has 0 saturated carbocycles. The second-order valence-corrected chi connectivity index (χ2v) is 6.85. The number of amides is 1. The third-order valence-electron chi connectivity index (χ3n) is 4.18. The summed E-state index contributed by atoms with van der Waals surface area (Å²) < 4.78 is 6.11. The van der Waals surface area contributed by atoms with Crippen molar-refractivity contribution in [3.05, 3.63) is 70.2 Å². The van der Waals surface area contributed by atoms with E-state index in [2.05, 4.69) is 15.9 Å². The number of esters is 1. The molecule has 0 aliphatic rings. The van der Waals surface area contributed by atoms with Crippen LogP contribution in [0.1, 0.15) is 36.2 Å². The summed E-state index contributed by atoms with van der Waals surface area (Å²) in [4.78, 5) is 27.0. The second kappa shape index (κ2) is 10.1. The average Bonchev–Trinajstić information content (AvgIpc) is 2.66. The molecule has 0 fully saturated rings. The van der Waals surface area contributed by atoms with Gasteiger partial charge in [-0.15, -0.1) is 0 Å². The van der Waals surface area contributed by atoms with Gasteiger partial charge < -0.3 is 9.64 Å². The Morgan fingerprint density at radius 3 is 2.31 bits per heavy atom. The smallest absolute Gasteiger partial charge is 0.310 e. The van der Waals surface area contributed by atoms with Crippen LogP contribution in [0.25, 0.3) is 0 Å². The molecule has 2 aromatic rings. The average molecular weight is 418 g/mol. The molecule has 0 saturated heterocycles. The Morgan fingerprint density at radius 2 is 1.69 bits per heavy atom. The highest BCUT2D eigenvalue weighted by Gasteiger charge is 2.25. The second-order valence-electron chi connectivity index (χ2n) is 6.00. The molecule has 2 aromatic carbocycles. The van der Waals surface area contributed by atoms with Crippen molar-refractivity contribution in [3.8, 4) is 0 Å². The molecule has 5 heteroatoms. The van der Waals surface area contributed by atoms with Crippen molar-refractivity contribution in [2.75, 3.05) is 13.2 Å². The van der Waals surface area contributed by atoms with Crippen LogP contribution in [0, 0.1) is 5.92 Å². The minimum absolute atomic E-state index is 0.0934. The fraction of sp³-hybridized carbons (Fsp3) is 0.333. The molecule has 0 radical (unpaired) electrons. The van der Waals surface area contributed by atoms with E-state index in [1.807, 2.05) is 49.4 Å². The van der Waals surface area contributed by atoms with E-state index in [-0.39, 0.29) is 17.8 Å². The summed E-state index contributed by atoms with van der Waals surface area (Å²) in [5.74, 6) is -0.692. The van der Waals surface area contributed by atoms with Crippen molar-refractivity contribution < 1.29 is 14.3 Å². The number of hydrogen-bond acceptors (Lipinski definition) is 3. The highest BCUT2D eigenvalue weighted by molar-refractivity contribution is 9.10. The van der Waals surface area contributed by atoms with Gasteiger partial charge in [-0.1, -0.05) is 59.3 Å². The molecule has 0 bridgehead atoms. The SMILES string of the molecule is CCOC(=O)C(CC)CN(Cc1ccccc1Br)C(=O)c1ccccc1. The number of halogens is 1. The maximum absolute atomic E-state index is 13.1. The monoisotopic (exact) mass is 417 g/mol. The first-order chi connectivity index (χ1) is 12.6. The van der Waals surface area contributed by atoms with Crippen LogP contribution >= 0.6 is 15.9 Å². The van der Waals surface area contributed by atoms with Gasteiger partial charge in [0.05, 0.1) is 12.5 Å². The van der Waals surface area contributed by atoms with Gasteiger partial charge in [-0.25, -0.2) is 0 Å². The van der Waals surface area contributed by atoms with Crippen molar-refractivity contribution in [2.45, 2.75) is 26.8 Å². The van der Waals surface area contributed by atoms with Crippen LogP contribution in [-0.2, 0) is 16.1 Å². The molecule has 138 valence electrons. The maximum atomic E-state index is 13.1. The molecule has 26 heavy (non-hydrogen) atoms. The third kappa shape index (κ3) is 5.43. The van der Waals surface area contributed by atoms with Crippen LogP contribution in [0.4, 0.5) is 0 Å². The molecule has 0 heterocycles. The van der Waals surface area contributed by atoms with Crippen LogP contribution in [-0.4, -0.2) is 29.9 Å². The Balaban J connectivity index is 2.27. The Hall–Kier alpha value is -2.14. The molecule has 1 amide bonds. The highest BCUT2D eigenvalue weighted by Crippen LogP contribution is 2.21. The van der Waals surface area contributed by atoms with Gasteiger partial charge >= 0.3 is 5.97 Å². The molecular formula is C21H24BrNO3. The van der Waals surface area contributed by atoms with Crippen LogP contribution in [0.5, 0.6) is 0 Å². The van der Waals surface area contributed by atoms with E-state index in [1.54, 1.807) is 24.0 Å². The predicted octanol–water partition coefficient (Wildman–Crippen LogP) is 4.68. The third-order valence-corrected chi connectivity index (χ3v) is 4.95. The lowest BCUT2D eigenvalue weighted by Gasteiger charge is -2.27. The quantitative estimate of drug-likeness (QED) is 0.585. The molecule has 1 atom stereocenters. The number of nitrogens with zero attached hydrogens (tertiary/aromatic N) is 1. The molecule has 1 unspecified atom stereocenters. The van der Waals surface area contributed by atoms with E-state index >= 15 is 0 Å². The summed E-state index contributed by atoms with van der Waals surface area (Å²) in [5.41, 5.74) is 1.61. The van der Waals surface area contributed by atoms with Crippen LogP contribution in [0.3, 0.4) is 0 Å². The topological polar surface area (TPSA) is 46.6 Å². The van der Waals surface area contributed by atoms with Gasteiger partial charge in [0.15, 0.2) is 0 Å². The van der Waals surface area contributed by atoms with Gasteiger partial charge in [-0.05, 0) is 37.1 Å². The number of carbonyl (C=O) groups is 2. The fourth-order valence-corrected chi connectivity index (χ4v) is 3.12. The maximum Gasteiger partial charge on any atom is 0.310 e. The van der Waals surface area contributed by atoms with E-state index in [0.717, 1.165) is 10.0 Å². The van der Waals surface area contributed by atoms with E-state index in [1.165, 1.54) is 0 Å². The van der Waals surface area contributed by atoms with Gasteiger partial charge in [0.25, 0.3) is 5.91 Å². The van der Waals surface area contributed by atoms with Crippen molar-refractivity contribution >= 4 is 27.8 Å². The molecule has 0 spiro atoms.